The van der Waals surface area contributed by atoms with E-state index in [1.54, 1.807) is 0 Å². The van der Waals surface area contributed by atoms with Gasteiger partial charge in [-0.3, -0.25) is 0 Å². The second kappa shape index (κ2) is 4.45. The smallest absolute Gasteiger partial charge is 0.0435 e. The molecule has 3 atom stereocenters. The Morgan fingerprint density at radius 3 is 2.24 bits per heavy atom. The molecule has 1 aromatic carbocycles. The molecule has 1 saturated carbocycles. The Morgan fingerprint density at radius 1 is 1.12 bits per heavy atom. The maximum atomic E-state index is 6.72. The molecule has 17 heavy (non-hydrogen) atoms. The molecule has 0 spiro atoms. The van der Waals surface area contributed by atoms with E-state index in [0.29, 0.717) is 5.92 Å². The van der Waals surface area contributed by atoms with Gasteiger partial charge >= 0.3 is 0 Å². The van der Waals surface area contributed by atoms with E-state index >= 15 is 0 Å². The first-order valence-electron chi connectivity index (χ1n) is 6.79. The van der Waals surface area contributed by atoms with E-state index in [0.717, 1.165) is 12.3 Å². The molecule has 2 rings (SSSR count). The Bertz CT molecular complexity index is 390. The number of hydrogen-bond acceptors (Lipinski definition) is 1. The molecule has 1 aliphatic rings. The van der Waals surface area contributed by atoms with Crippen molar-refractivity contribution in [2.45, 2.75) is 52.5 Å². The van der Waals surface area contributed by atoms with Crippen LogP contribution in [-0.2, 0) is 5.54 Å². The molecular formula is C16H25N. The second-order valence-electron chi connectivity index (χ2n) is 6.20. The summed E-state index contributed by atoms with van der Waals surface area (Å²) >= 11 is 0. The normalized spacial score (nSPS) is 33.7. The number of hydrogen-bond donors (Lipinski definition) is 1. The molecule has 0 bridgehead atoms. The molecule has 94 valence electrons. The summed E-state index contributed by atoms with van der Waals surface area (Å²) in [7, 11) is 0. The summed E-state index contributed by atoms with van der Waals surface area (Å²) in [5.41, 5.74) is 10.6. The molecule has 0 aliphatic heterocycles. The molecule has 0 saturated heterocycles. The van der Waals surface area contributed by atoms with Crippen molar-refractivity contribution in [2.24, 2.45) is 17.6 Å². The SMILES string of the molecule is Cc1cc(C)cc(C2(N)CCC(C)CC2C)c1. The minimum atomic E-state index is -0.108. The minimum Gasteiger partial charge on any atom is -0.321 e. The first-order valence-corrected chi connectivity index (χ1v) is 6.79. The Morgan fingerprint density at radius 2 is 1.71 bits per heavy atom. The molecule has 0 aromatic heterocycles. The van der Waals surface area contributed by atoms with E-state index in [9.17, 15) is 0 Å². The molecule has 0 heterocycles. The zero-order chi connectivity index (χ0) is 12.6. The fourth-order valence-corrected chi connectivity index (χ4v) is 3.34. The monoisotopic (exact) mass is 231 g/mol. The van der Waals surface area contributed by atoms with Crippen LogP contribution in [0.2, 0.25) is 0 Å². The average Bonchev–Trinajstić information content (AvgIpc) is 2.22. The second-order valence-corrected chi connectivity index (χ2v) is 6.20. The molecular weight excluding hydrogens is 206 g/mol. The van der Waals surface area contributed by atoms with Gasteiger partial charge in [0.25, 0.3) is 0 Å². The number of nitrogens with two attached hydrogens (primary N) is 1. The highest BCUT2D eigenvalue weighted by Gasteiger charge is 2.38. The van der Waals surface area contributed by atoms with Gasteiger partial charge in [0.1, 0.15) is 0 Å². The van der Waals surface area contributed by atoms with E-state index < -0.39 is 0 Å². The van der Waals surface area contributed by atoms with E-state index in [-0.39, 0.29) is 5.54 Å². The fraction of sp³-hybridized carbons (Fsp3) is 0.625. The van der Waals surface area contributed by atoms with Crippen LogP contribution in [0.4, 0.5) is 0 Å². The zero-order valence-electron chi connectivity index (χ0n) is 11.6. The Hall–Kier alpha value is -0.820. The highest BCUT2D eigenvalue weighted by atomic mass is 14.8. The molecule has 2 N–H and O–H groups in total. The van der Waals surface area contributed by atoms with Gasteiger partial charge in [0.05, 0.1) is 0 Å². The van der Waals surface area contributed by atoms with Gasteiger partial charge in [-0.2, -0.15) is 0 Å². The van der Waals surface area contributed by atoms with Crippen molar-refractivity contribution < 1.29 is 0 Å². The van der Waals surface area contributed by atoms with Gasteiger partial charge in [0.15, 0.2) is 0 Å². The Kier molecular flexibility index (Phi) is 3.31. The van der Waals surface area contributed by atoms with Crippen LogP contribution >= 0.6 is 0 Å². The molecule has 0 radical (unpaired) electrons. The van der Waals surface area contributed by atoms with E-state index in [1.807, 2.05) is 0 Å². The lowest BCUT2D eigenvalue weighted by Gasteiger charge is -2.42. The van der Waals surface area contributed by atoms with Crippen LogP contribution in [0.1, 0.15) is 49.8 Å². The molecule has 0 amide bonds. The molecule has 1 aromatic rings. The fourth-order valence-electron chi connectivity index (χ4n) is 3.34. The first-order chi connectivity index (χ1) is 7.91. The summed E-state index contributed by atoms with van der Waals surface area (Å²) in [6.07, 6.45) is 3.63. The quantitative estimate of drug-likeness (QED) is 0.779. The summed E-state index contributed by atoms with van der Waals surface area (Å²) in [5, 5.41) is 0. The molecule has 1 nitrogen and oxygen atoms in total. The van der Waals surface area contributed by atoms with Crippen LogP contribution in [-0.4, -0.2) is 0 Å². The first kappa shape index (κ1) is 12.6. The molecule has 1 fully saturated rings. The topological polar surface area (TPSA) is 26.0 Å². The zero-order valence-corrected chi connectivity index (χ0v) is 11.6. The highest BCUT2D eigenvalue weighted by molar-refractivity contribution is 5.34. The lowest BCUT2D eigenvalue weighted by Crippen LogP contribution is -2.46. The Balaban J connectivity index is 2.37. The van der Waals surface area contributed by atoms with Crippen molar-refractivity contribution in [1.29, 1.82) is 0 Å². The molecule has 1 heteroatoms. The highest BCUT2D eigenvalue weighted by Crippen LogP contribution is 2.42. The van der Waals surface area contributed by atoms with Crippen molar-refractivity contribution in [3.63, 3.8) is 0 Å². The van der Waals surface area contributed by atoms with Gasteiger partial charge in [0.2, 0.25) is 0 Å². The lowest BCUT2D eigenvalue weighted by molar-refractivity contribution is 0.164. The van der Waals surface area contributed by atoms with Crippen LogP contribution in [0.5, 0.6) is 0 Å². The largest absolute Gasteiger partial charge is 0.321 e. The summed E-state index contributed by atoms with van der Waals surface area (Å²) in [5.74, 6) is 1.40. The van der Waals surface area contributed by atoms with Crippen LogP contribution in [0.15, 0.2) is 18.2 Å². The summed E-state index contributed by atoms with van der Waals surface area (Å²) < 4.78 is 0. The van der Waals surface area contributed by atoms with Crippen LogP contribution < -0.4 is 5.73 Å². The van der Waals surface area contributed by atoms with Crippen LogP contribution in [0, 0.1) is 25.7 Å². The van der Waals surface area contributed by atoms with Gasteiger partial charge in [-0.25, -0.2) is 0 Å². The lowest BCUT2D eigenvalue weighted by atomic mass is 9.67. The third-order valence-corrected chi connectivity index (χ3v) is 4.45. The van der Waals surface area contributed by atoms with Crippen LogP contribution in [0.3, 0.4) is 0 Å². The van der Waals surface area contributed by atoms with Crippen molar-refractivity contribution in [1.82, 2.24) is 0 Å². The van der Waals surface area contributed by atoms with Gasteiger partial charge in [-0.05, 0) is 50.5 Å². The number of aryl methyl sites for hydroxylation is 2. The predicted octanol–water partition coefficient (Wildman–Crippen LogP) is 3.91. The van der Waals surface area contributed by atoms with Crippen molar-refractivity contribution in [3.8, 4) is 0 Å². The standard InChI is InChI=1S/C16H25N/c1-11-5-6-16(17,14(4)8-11)15-9-12(2)7-13(3)10-15/h7,9-11,14H,5-6,8,17H2,1-4H3. The van der Waals surface area contributed by atoms with E-state index in [1.165, 1.54) is 29.5 Å². The van der Waals surface area contributed by atoms with Gasteiger partial charge in [-0.1, -0.05) is 43.2 Å². The summed E-state index contributed by atoms with van der Waals surface area (Å²) in [4.78, 5) is 0. The van der Waals surface area contributed by atoms with E-state index in [4.69, 9.17) is 5.73 Å². The summed E-state index contributed by atoms with van der Waals surface area (Å²) in [6.45, 7) is 8.98. The number of benzene rings is 1. The summed E-state index contributed by atoms with van der Waals surface area (Å²) in [6, 6.07) is 6.78. The van der Waals surface area contributed by atoms with Gasteiger partial charge < -0.3 is 5.73 Å². The third kappa shape index (κ3) is 2.40. The number of rotatable bonds is 1. The van der Waals surface area contributed by atoms with Gasteiger partial charge in [0, 0.05) is 5.54 Å². The van der Waals surface area contributed by atoms with Crippen molar-refractivity contribution in [2.75, 3.05) is 0 Å². The predicted molar refractivity (Wildman–Crippen MR) is 74.0 cm³/mol. The third-order valence-electron chi connectivity index (χ3n) is 4.45. The van der Waals surface area contributed by atoms with Crippen molar-refractivity contribution in [3.05, 3.63) is 34.9 Å². The Labute approximate surface area is 105 Å². The van der Waals surface area contributed by atoms with Gasteiger partial charge in [-0.15, -0.1) is 0 Å². The average molecular weight is 231 g/mol. The van der Waals surface area contributed by atoms with Crippen molar-refractivity contribution >= 4 is 0 Å². The maximum Gasteiger partial charge on any atom is 0.0435 e. The molecule has 3 unspecified atom stereocenters. The van der Waals surface area contributed by atoms with Crippen LogP contribution in [0.25, 0.3) is 0 Å². The van der Waals surface area contributed by atoms with E-state index in [2.05, 4.69) is 45.9 Å². The minimum absolute atomic E-state index is 0.108. The molecule has 1 aliphatic carbocycles. The maximum absolute atomic E-state index is 6.72.